The van der Waals surface area contributed by atoms with Crippen molar-refractivity contribution in [3.05, 3.63) is 24.3 Å². The van der Waals surface area contributed by atoms with E-state index < -0.39 is 31.8 Å². The van der Waals surface area contributed by atoms with Crippen LogP contribution in [0.15, 0.2) is 29.2 Å². The van der Waals surface area contributed by atoms with Crippen LogP contribution >= 0.6 is 0 Å². The number of rotatable bonds is 6. The van der Waals surface area contributed by atoms with Crippen LogP contribution < -0.4 is 4.72 Å². The maximum absolute atomic E-state index is 11.8. The van der Waals surface area contributed by atoms with Crippen molar-refractivity contribution >= 4 is 31.7 Å². The standard InChI is InChI=1S/C10H14N2O6S2/c1-12(2)20(17,18)9-5-3-8(4-6-9)11-19(15,16)7-10(13)14/h3-6,11H,7H2,1-2H3,(H,13,14). The topological polar surface area (TPSA) is 121 Å². The van der Waals surface area contributed by atoms with Crippen molar-refractivity contribution in [1.29, 1.82) is 0 Å². The highest BCUT2D eigenvalue weighted by Crippen LogP contribution is 2.17. The van der Waals surface area contributed by atoms with Crippen molar-refractivity contribution in [3.8, 4) is 0 Å². The van der Waals surface area contributed by atoms with Gasteiger partial charge in [-0.1, -0.05) is 0 Å². The molecule has 112 valence electrons. The Morgan fingerprint density at radius 1 is 1.15 bits per heavy atom. The van der Waals surface area contributed by atoms with E-state index in [0.29, 0.717) is 0 Å². The Hall–Kier alpha value is -1.65. The molecule has 10 heteroatoms. The Morgan fingerprint density at radius 2 is 1.65 bits per heavy atom. The summed E-state index contributed by atoms with van der Waals surface area (Å²) in [5, 5.41) is 8.43. The van der Waals surface area contributed by atoms with Crippen molar-refractivity contribution < 1.29 is 26.7 Å². The van der Waals surface area contributed by atoms with Gasteiger partial charge in [-0.2, -0.15) is 0 Å². The van der Waals surface area contributed by atoms with Crippen LogP contribution in [0.4, 0.5) is 5.69 Å². The van der Waals surface area contributed by atoms with Gasteiger partial charge in [0.05, 0.1) is 4.90 Å². The molecule has 0 spiro atoms. The first kappa shape index (κ1) is 16.4. The van der Waals surface area contributed by atoms with Gasteiger partial charge in [-0.3, -0.25) is 9.52 Å². The SMILES string of the molecule is CN(C)S(=O)(=O)c1ccc(NS(=O)(=O)CC(=O)O)cc1. The van der Waals surface area contributed by atoms with Gasteiger partial charge in [-0.05, 0) is 24.3 Å². The van der Waals surface area contributed by atoms with Gasteiger partial charge in [0.2, 0.25) is 20.0 Å². The first-order valence-electron chi connectivity index (χ1n) is 5.29. The van der Waals surface area contributed by atoms with E-state index in [1.807, 2.05) is 4.72 Å². The molecule has 0 unspecified atom stereocenters. The average molecular weight is 322 g/mol. The van der Waals surface area contributed by atoms with Crippen LogP contribution in [0.25, 0.3) is 0 Å². The lowest BCUT2D eigenvalue weighted by Crippen LogP contribution is -2.23. The highest BCUT2D eigenvalue weighted by molar-refractivity contribution is 7.93. The summed E-state index contributed by atoms with van der Waals surface area (Å²) >= 11 is 0. The fourth-order valence-electron chi connectivity index (χ4n) is 1.28. The number of nitrogens with one attached hydrogen (secondary N) is 1. The molecule has 1 aromatic carbocycles. The monoisotopic (exact) mass is 322 g/mol. The Morgan fingerprint density at radius 3 is 2.05 bits per heavy atom. The van der Waals surface area contributed by atoms with Gasteiger partial charge in [0.15, 0.2) is 5.75 Å². The predicted molar refractivity (Wildman–Crippen MR) is 72.4 cm³/mol. The molecule has 2 N–H and O–H groups in total. The summed E-state index contributed by atoms with van der Waals surface area (Å²) < 4.78 is 49.4. The number of benzene rings is 1. The molecule has 20 heavy (non-hydrogen) atoms. The van der Waals surface area contributed by atoms with E-state index in [9.17, 15) is 21.6 Å². The maximum atomic E-state index is 11.8. The number of anilines is 1. The van der Waals surface area contributed by atoms with Crippen molar-refractivity contribution in [3.63, 3.8) is 0 Å². The van der Waals surface area contributed by atoms with Gasteiger partial charge in [-0.25, -0.2) is 21.1 Å². The third-order valence-electron chi connectivity index (χ3n) is 2.22. The zero-order valence-corrected chi connectivity index (χ0v) is 12.4. The molecule has 0 saturated heterocycles. The minimum Gasteiger partial charge on any atom is -0.480 e. The molecule has 0 heterocycles. The Kier molecular flexibility index (Phi) is 4.73. The zero-order valence-electron chi connectivity index (χ0n) is 10.8. The normalized spacial score (nSPS) is 12.3. The van der Waals surface area contributed by atoms with E-state index in [-0.39, 0.29) is 10.6 Å². The van der Waals surface area contributed by atoms with Gasteiger partial charge < -0.3 is 5.11 Å². The molecule has 0 amide bonds. The van der Waals surface area contributed by atoms with Crippen molar-refractivity contribution in [2.24, 2.45) is 0 Å². The molecule has 0 aromatic heterocycles. The summed E-state index contributed by atoms with van der Waals surface area (Å²) in [7, 11) is -4.85. The van der Waals surface area contributed by atoms with E-state index in [2.05, 4.69) is 0 Å². The maximum Gasteiger partial charge on any atom is 0.320 e. The molecule has 0 aliphatic carbocycles. The Labute approximate surface area is 117 Å². The minimum atomic E-state index is -4.01. The summed E-state index contributed by atoms with van der Waals surface area (Å²) in [4.78, 5) is 10.4. The van der Waals surface area contributed by atoms with Crippen molar-refractivity contribution in [1.82, 2.24) is 4.31 Å². The second-order valence-electron chi connectivity index (χ2n) is 4.07. The minimum absolute atomic E-state index is 0.00341. The molecular formula is C10H14N2O6S2. The van der Waals surface area contributed by atoms with Gasteiger partial charge in [0.1, 0.15) is 0 Å². The second-order valence-corrected chi connectivity index (χ2v) is 7.94. The average Bonchev–Trinajstić information content (AvgIpc) is 2.26. The molecule has 0 aliphatic rings. The number of aliphatic carboxylic acids is 1. The Bertz CT molecular complexity index is 692. The third kappa shape index (κ3) is 4.18. The molecule has 0 bridgehead atoms. The first-order valence-corrected chi connectivity index (χ1v) is 8.39. The first-order chi connectivity index (χ1) is 9.04. The van der Waals surface area contributed by atoms with E-state index in [0.717, 1.165) is 4.31 Å². The predicted octanol–water partition coefficient (Wildman–Crippen LogP) is -0.237. The van der Waals surface area contributed by atoms with Crippen LogP contribution in [0.2, 0.25) is 0 Å². The molecule has 0 fully saturated rings. The van der Waals surface area contributed by atoms with Crippen LogP contribution in [0, 0.1) is 0 Å². The van der Waals surface area contributed by atoms with Crippen LogP contribution in [0.1, 0.15) is 0 Å². The quantitative estimate of drug-likeness (QED) is 0.746. The molecule has 0 radical (unpaired) electrons. The molecule has 8 nitrogen and oxygen atoms in total. The van der Waals surface area contributed by atoms with Crippen molar-refractivity contribution in [2.75, 3.05) is 24.6 Å². The lowest BCUT2D eigenvalue weighted by atomic mass is 10.3. The molecule has 1 aromatic rings. The smallest absolute Gasteiger partial charge is 0.320 e. The number of carbonyl (C=O) groups is 1. The Balaban J connectivity index is 2.97. The molecule has 0 saturated carbocycles. The van der Waals surface area contributed by atoms with Gasteiger partial charge >= 0.3 is 5.97 Å². The molecule has 1 rings (SSSR count). The van der Waals surface area contributed by atoms with Crippen LogP contribution in [-0.2, 0) is 24.8 Å². The molecule has 0 atom stereocenters. The number of carboxylic acid groups (broad SMARTS) is 1. The third-order valence-corrected chi connectivity index (χ3v) is 5.22. The van der Waals surface area contributed by atoms with E-state index in [4.69, 9.17) is 5.11 Å². The summed E-state index contributed by atoms with van der Waals surface area (Å²) in [6, 6.07) is 4.95. The van der Waals surface area contributed by atoms with Gasteiger partial charge in [0, 0.05) is 19.8 Å². The number of nitrogens with zero attached hydrogens (tertiary/aromatic N) is 1. The summed E-state index contributed by atoms with van der Waals surface area (Å²) in [5.41, 5.74) is 0.0870. The summed E-state index contributed by atoms with van der Waals surface area (Å²) in [6.45, 7) is 0. The zero-order chi connectivity index (χ0) is 15.6. The summed E-state index contributed by atoms with van der Waals surface area (Å²) in [6.07, 6.45) is 0. The summed E-state index contributed by atoms with van der Waals surface area (Å²) in [5.74, 6) is -2.55. The van der Waals surface area contributed by atoms with E-state index in [1.165, 1.54) is 38.4 Å². The highest BCUT2D eigenvalue weighted by Gasteiger charge is 2.18. The van der Waals surface area contributed by atoms with Crippen LogP contribution in [0.3, 0.4) is 0 Å². The van der Waals surface area contributed by atoms with Crippen LogP contribution in [0.5, 0.6) is 0 Å². The molecular weight excluding hydrogens is 308 g/mol. The number of carboxylic acids is 1. The highest BCUT2D eigenvalue weighted by atomic mass is 32.2. The van der Waals surface area contributed by atoms with Crippen molar-refractivity contribution in [2.45, 2.75) is 4.90 Å². The van der Waals surface area contributed by atoms with Gasteiger partial charge in [0.25, 0.3) is 0 Å². The van der Waals surface area contributed by atoms with E-state index in [1.54, 1.807) is 0 Å². The number of hydrogen-bond donors (Lipinski definition) is 2. The second kappa shape index (κ2) is 5.77. The van der Waals surface area contributed by atoms with E-state index >= 15 is 0 Å². The number of sulfonamides is 2. The fraction of sp³-hybridized carbons (Fsp3) is 0.300. The lowest BCUT2D eigenvalue weighted by Gasteiger charge is -2.12. The van der Waals surface area contributed by atoms with Gasteiger partial charge in [-0.15, -0.1) is 0 Å². The largest absolute Gasteiger partial charge is 0.480 e. The van der Waals surface area contributed by atoms with Crippen LogP contribution in [-0.4, -0.2) is 52.1 Å². The number of hydrogen-bond acceptors (Lipinski definition) is 5. The lowest BCUT2D eigenvalue weighted by molar-refractivity contribution is -0.134. The fourth-order valence-corrected chi connectivity index (χ4v) is 3.08. The molecule has 0 aliphatic heterocycles.